The highest BCUT2D eigenvalue weighted by atomic mass is 16.5. The van der Waals surface area contributed by atoms with Crippen molar-refractivity contribution in [1.82, 2.24) is 15.5 Å². The Morgan fingerprint density at radius 3 is 2.41 bits per heavy atom. The molecule has 1 aliphatic rings. The highest BCUT2D eigenvalue weighted by Gasteiger charge is 2.36. The largest absolute Gasteiger partial charge is 0.390 e. The Morgan fingerprint density at radius 1 is 1.07 bits per heavy atom. The number of amides is 2. The highest BCUT2D eigenvalue weighted by molar-refractivity contribution is 5.90. The summed E-state index contributed by atoms with van der Waals surface area (Å²) in [7, 11) is 3.89. The molecule has 2 aromatic carbocycles. The second kappa shape index (κ2) is 14.9. The summed E-state index contributed by atoms with van der Waals surface area (Å²) in [6.45, 7) is 8.79. The molecule has 226 valence electrons. The van der Waals surface area contributed by atoms with E-state index in [0.717, 1.165) is 24.9 Å². The lowest BCUT2D eigenvalue weighted by molar-refractivity contribution is -0.170. The van der Waals surface area contributed by atoms with Crippen LogP contribution in [0, 0.1) is 6.92 Å². The molecule has 0 saturated carbocycles. The number of nitrogens with one attached hydrogen (secondary N) is 2. The smallest absolute Gasteiger partial charge is 0.245 e. The first-order valence-corrected chi connectivity index (χ1v) is 14.8. The van der Waals surface area contributed by atoms with Crippen LogP contribution in [0.4, 0.5) is 0 Å². The van der Waals surface area contributed by atoms with E-state index in [4.69, 9.17) is 4.74 Å². The number of hydrogen-bond acceptors (Lipinski definition) is 6. The molecule has 0 aromatic heterocycles. The Balaban J connectivity index is 1.50. The maximum atomic E-state index is 12.5. The number of hydrogen-bond donors (Lipinski definition) is 4. The molecule has 41 heavy (non-hydrogen) atoms. The number of benzene rings is 2. The molecule has 0 radical (unpaired) electrons. The zero-order chi connectivity index (χ0) is 30.2. The van der Waals surface area contributed by atoms with Gasteiger partial charge in [-0.3, -0.25) is 9.59 Å². The van der Waals surface area contributed by atoms with Crippen LogP contribution in [0.1, 0.15) is 80.4 Å². The first kappa shape index (κ1) is 32.7. The topological polar surface area (TPSA) is 111 Å². The maximum absolute atomic E-state index is 12.5. The van der Waals surface area contributed by atoms with Gasteiger partial charge in [0.05, 0.1) is 18.3 Å². The first-order valence-electron chi connectivity index (χ1n) is 14.8. The van der Waals surface area contributed by atoms with E-state index in [0.29, 0.717) is 32.2 Å². The van der Waals surface area contributed by atoms with E-state index < -0.39 is 17.7 Å². The number of aliphatic hydroxyl groups is 2. The second-order valence-electron chi connectivity index (χ2n) is 12.1. The van der Waals surface area contributed by atoms with Gasteiger partial charge in [0.2, 0.25) is 11.8 Å². The summed E-state index contributed by atoms with van der Waals surface area (Å²) in [6, 6.07) is 14.8. The van der Waals surface area contributed by atoms with E-state index >= 15 is 0 Å². The normalized spacial score (nSPS) is 21.1. The Labute approximate surface area is 245 Å². The number of carbonyl (C=O) groups excluding carboxylic acids is 2. The monoisotopic (exact) mass is 567 g/mol. The molecule has 1 heterocycles. The van der Waals surface area contributed by atoms with Gasteiger partial charge in [-0.05, 0) is 88.4 Å². The van der Waals surface area contributed by atoms with E-state index in [9.17, 15) is 19.8 Å². The first-order chi connectivity index (χ1) is 19.4. The van der Waals surface area contributed by atoms with Gasteiger partial charge in [-0.25, -0.2) is 0 Å². The maximum Gasteiger partial charge on any atom is 0.245 e. The molecule has 2 amide bonds. The van der Waals surface area contributed by atoms with Crippen molar-refractivity contribution < 1.29 is 24.5 Å². The van der Waals surface area contributed by atoms with E-state index in [1.807, 2.05) is 25.9 Å². The molecule has 8 nitrogen and oxygen atoms in total. The lowest BCUT2D eigenvalue weighted by atomic mass is 9.90. The summed E-state index contributed by atoms with van der Waals surface area (Å²) in [5.41, 5.74) is 4.84. The van der Waals surface area contributed by atoms with Crippen LogP contribution < -0.4 is 10.6 Å². The fourth-order valence-corrected chi connectivity index (χ4v) is 5.17. The molecular formula is C33H49N3O5. The Bertz CT molecular complexity index is 1150. The molecule has 4 atom stereocenters. The number of ether oxygens (including phenoxy) is 1. The Kier molecular flexibility index (Phi) is 11.9. The van der Waals surface area contributed by atoms with Crippen LogP contribution >= 0.6 is 0 Å². The van der Waals surface area contributed by atoms with Crippen molar-refractivity contribution in [2.45, 2.75) is 96.2 Å². The molecule has 8 heteroatoms. The average Bonchev–Trinajstić information content (AvgIpc) is 2.91. The number of aliphatic hydroxyl groups excluding tert-OH is 2. The second-order valence-corrected chi connectivity index (χ2v) is 12.1. The minimum absolute atomic E-state index is 0.126. The van der Waals surface area contributed by atoms with Gasteiger partial charge in [-0.1, -0.05) is 49.4 Å². The van der Waals surface area contributed by atoms with E-state index in [2.05, 4.69) is 60.0 Å². The quantitative estimate of drug-likeness (QED) is 0.295. The van der Waals surface area contributed by atoms with Gasteiger partial charge < -0.3 is 30.5 Å². The molecular weight excluding hydrogens is 518 g/mol. The van der Waals surface area contributed by atoms with E-state index in [1.54, 1.807) is 13.8 Å². The lowest BCUT2D eigenvalue weighted by Gasteiger charge is -2.37. The molecule has 0 aliphatic carbocycles. The van der Waals surface area contributed by atoms with Crippen LogP contribution in [0.5, 0.6) is 0 Å². The zero-order valence-corrected chi connectivity index (χ0v) is 25.6. The molecule has 0 spiro atoms. The SMILES string of the molecule is CCC1OC(c2ccc(C)c(Cc3ccc(CCCC(=O)NC(C)(C)C(=O)NCCN(C)C)cc3)c2)CC(O)[C@@H]1O. The fourth-order valence-electron chi connectivity index (χ4n) is 5.17. The van der Waals surface area contributed by atoms with Crippen molar-refractivity contribution in [1.29, 1.82) is 0 Å². The molecule has 3 rings (SSSR count). The minimum Gasteiger partial charge on any atom is -0.390 e. The van der Waals surface area contributed by atoms with Gasteiger partial charge in [0.25, 0.3) is 0 Å². The van der Waals surface area contributed by atoms with Crippen LogP contribution in [-0.2, 0) is 27.2 Å². The average molecular weight is 568 g/mol. The Hall–Kier alpha value is -2.78. The van der Waals surface area contributed by atoms with Gasteiger partial charge in [-0.15, -0.1) is 0 Å². The summed E-state index contributed by atoms with van der Waals surface area (Å²) in [5, 5.41) is 26.3. The zero-order valence-electron chi connectivity index (χ0n) is 25.6. The van der Waals surface area contributed by atoms with Crippen molar-refractivity contribution in [3.8, 4) is 0 Å². The van der Waals surface area contributed by atoms with Crippen LogP contribution in [0.3, 0.4) is 0 Å². The number of carbonyl (C=O) groups is 2. The van der Waals surface area contributed by atoms with Gasteiger partial charge in [0.1, 0.15) is 11.6 Å². The number of rotatable bonds is 13. The Morgan fingerprint density at radius 2 is 1.76 bits per heavy atom. The van der Waals surface area contributed by atoms with Crippen molar-refractivity contribution in [3.05, 3.63) is 70.3 Å². The minimum atomic E-state index is -0.956. The summed E-state index contributed by atoms with van der Waals surface area (Å²) >= 11 is 0. The van der Waals surface area contributed by atoms with Crippen molar-refractivity contribution in [3.63, 3.8) is 0 Å². The molecule has 1 saturated heterocycles. The number of likely N-dealkylation sites (N-methyl/N-ethyl adjacent to an activating group) is 1. The molecule has 2 aromatic rings. The summed E-state index contributed by atoms with van der Waals surface area (Å²) in [5.74, 6) is -0.309. The molecule has 0 bridgehead atoms. The van der Waals surface area contributed by atoms with Crippen molar-refractivity contribution in [2.24, 2.45) is 0 Å². The van der Waals surface area contributed by atoms with Crippen LogP contribution in [0.25, 0.3) is 0 Å². The molecule has 1 fully saturated rings. The van der Waals surface area contributed by atoms with Gasteiger partial charge in [0.15, 0.2) is 0 Å². The molecule has 3 unspecified atom stereocenters. The summed E-state index contributed by atoms with van der Waals surface area (Å²) < 4.78 is 6.12. The van der Waals surface area contributed by atoms with E-state index in [-0.39, 0.29) is 24.0 Å². The van der Waals surface area contributed by atoms with Gasteiger partial charge in [-0.2, -0.15) is 0 Å². The predicted molar refractivity (Wildman–Crippen MR) is 162 cm³/mol. The van der Waals surface area contributed by atoms with Crippen LogP contribution in [0.15, 0.2) is 42.5 Å². The van der Waals surface area contributed by atoms with Crippen LogP contribution in [0.2, 0.25) is 0 Å². The summed E-state index contributed by atoms with van der Waals surface area (Å²) in [6.07, 6.45) is 1.42. The molecule has 1 aliphatic heterocycles. The summed E-state index contributed by atoms with van der Waals surface area (Å²) in [4.78, 5) is 26.9. The third-order valence-electron chi connectivity index (χ3n) is 7.87. The van der Waals surface area contributed by atoms with Gasteiger partial charge in [0, 0.05) is 25.9 Å². The van der Waals surface area contributed by atoms with Crippen LogP contribution in [-0.4, -0.2) is 78.0 Å². The predicted octanol–water partition coefficient (Wildman–Crippen LogP) is 3.44. The fraction of sp³-hybridized carbons (Fsp3) is 0.576. The number of nitrogens with zero attached hydrogens (tertiary/aromatic N) is 1. The third-order valence-corrected chi connectivity index (χ3v) is 7.87. The standard InChI is InChI=1S/C33H49N3O5/c1-7-28-31(39)27(37)21-29(41-28)25-16-11-22(2)26(20-25)19-24-14-12-23(13-15-24)9-8-10-30(38)35-33(3,4)32(40)34-17-18-36(5)6/h11-16,20,27-29,31,37,39H,7-10,17-19,21H2,1-6H3,(H,34,40)(H,35,38)/t27?,28?,29?,31-/m0/s1. The van der Waals surface area contributed by atoms with Crippen molar-refractivity contribution in [2.75, 3.05) is 27.2 Å². The van der Waals surface area contributed by atoms with E-state index in [1.165, 1.54) is 22.3 Å². The third kappa shape index (κ3) is 9.64. The molecule has 4 N–H and O–H groups in total. The highest BCUT2D eigenvalue weighted by Crippen LogP contribution is 2.34. The number of aryl methyl sites for hydroxylation is 2. The van der Waals surface area contributed by atoms with Gasteiger partial charge >= 0.3 is 0 Å². The lowest BCUT2D eigenvalue weighted by Crippen LogP contribution is -2.55. The van der Waals surface area contributed by atoms with Crippen molar-refractivity contribution >= 4 is 11.8 Å².